The molecule has 0 unspecified atom stereocenters. The van der Waals surface area contributed by atoms with Crippen molar-refractivity contribution in [2.24, 2.45) is 5.73 Å². The van der Waals surface area contributed by atoms with E-state index < -0.39 is 0 Å². The summed E-state index contributed by atoms with van der Waals surface area (Å²) in [4.78, 5) is 0. The minimum absolute atomic E-state index is 0.0964. The van der Waals surface area contributed by atoms with Crippen LogP contribution in [0.15, 0.2) is 24.3 Å². The van der Waals surface area contributed by atoms with E-state index in [1.54, 1.807) is 0 Å². The van der Waals surface area contributed by atoms with Gasteiger partial charge in [0.2, 0.25) is 0 Å². The molecule has 0 fully saturated rings. The minimum Gasteiger partial charge on any atom is -0.374 e. The fourth-order valence-electron chi connectivity index (χ4n) is 1.69. The van der Waals surface area contributed by atoms with E-state index in [0.29, 0.717) is 26.4 Å². The molecule has 0 saturated carbocycles. The smallest absolute Gasteiger partial charge is 0.0720 e. The number of hydrogen-bond acceptors (Lipinski definition) is 3. The second kappa shape index (κ2) is 7.52. The van der Waals surface area contributed by atoms with Crippen LogP contribution in [0.5, 0.6) is 0 Å². The number of ether oxygens (including phenoxy) is 2. The predicted octanol–water partition coefficient (Wildman–Crippen LogP) is 2.52. The molecule has 0 heterocycles. The molecule has 3 heteroatoms. The van der Waals surface area contributed by atoms with Gasteiger partial charge in [-0.15, -0.1) is 0 Å². The predicted molar refractivity (Wildman–Crippen MR) is 74.6 cm³/mol. The first-order chi connectivity index (χ1) is 8.53. The van der Waals surface area contributed by atoms with Crippen LogP contribution < -0.4 is 5.73 Å². The zero-order valence-electron chi connectivity index (χ0n) is 11.7. The van der Waals surface area contributed by atoms with E-state index in [2.05, 4.69) is 12.1 Å². The fraction of sp³-hybridized carbons (Fsp3) is 0.600. The van der Waals surface area contributed by atoms with Crippen molar-refractivity contribution >= 4 is 0 Å². The molecule has 1 aromatic rings. The quantitative estimate of drug-likeness (QED) is 0.757. The van der Waals surface area contributed by atoms with Crippen LogP contribution in [0.25, 0.3) is 0 Å². The highest BCUT2D eigenvalue weighted by Gasteiger charge is 2.09. The Morgan fingerprint density at radius 2 is 1.72 bits per heavy atom. The standard InChI is InChI=1S/C15H25NO2/c1-15(2,3)18-11-10-17-12-14-7-5-4-6-13(14)8-9-16/h4-7H,8-12,16H2,1-3H3. The molecular weight excluding hydrogens is 226 g/mol. The molecule has 102 valence electrons. The summed E-state index contributed by atoms with van der Waals surface area (Å²) in [5, 5.41) is 0. The normalized spacial score (nSPS) is 11.8. The third kappa shape index (κ3) is 6.15. The molecule has 0 saturated heterocycles. The molecule has 0 amide bonds. The third-order valence-electron chi connectivity index (χ3n) is 2.55. The van der Waals surface area contributed by atoms with Crippen LogP contribution in [0, 0.1) is 0 Å². The Bertz CT molecular complexity index is 345. The zero-order valence-corrected chi connectivity index (χ0v) is 11.7. The summed E-state index contributed by atoms with van der Waals surface area (Å²) >= 11 is 0. The van der Waals surface area contributed by atoms with E-state index in [9.17, 15) is 0 Å². The molecule has 1 rings (SSSR count). The van der Waals surface area contributed by atoms with Crippen LogP contribution in [0.4, 0.5) is 0 Å². The van der Waals surface area contributed by atoms with Crippen molar-refractivity contribution in [1.29, 1.82) is 0 Å². The Balaban J connectivity index is 2.31. The van der Waals surface area contributed by atoms with Gasteiger partial charge in [-0.25, -0.2) is 0 Å². The van der Waals surface area contributed by atoms with E-state index in [0.717, 1.165) is 6.42 Å². The monoisotopic (exact) mass is 251 g/mol. The lowest BCUT2D eigenvalue weighted by Gasteiger charge is -2.19. The molecule has 0 aliphatic rings. The van der Waals surface area contributed by atoms with Crippen molar-refractivity contribution in [3.63, 3.8) is 0 Å². The molecule has 0 aliphatic carbocycles. The summed E-state index contributed by atoms with van der Waals surface area (Å²) in [6.45, 7) is 8.68. The lowest BCUT2D eigenvalue weighted by molar-refractivity contribution is -0.0377. The highest BCUT2D eigenvalue weighted by molar-refractivity contribution is 5.26. The van der Waals surface area contributed by atoms with Gasteiger partial charge < -0.3 is 15.2 Å². The van der Waals surface area contributed by atoms with E-state index in [-0.39, 0.29) is 5.60 Å². The van der Waals surface area contributed by atoms with E-state index >= 15 is 0 Å². The van der Waals surface area contributed by atoms with Crippen LogP contribution in [0.2, 0.25) is 0 Å². The Morgan fingerprint density at radius 1 is 1.06 bits per heavy atom. The van der Waals surface area contributed by atoms with Crippen LogP contribution in [-0.4, -0.2) is 25.4 Å². The van der Waals surface area contributed by atoms with Gasteiger partial charge in [0, 0.05) is 0 Å². The van der Waals surface area contributed by atoms with E-state index in [1.165, 1.54) is 11.1 Å². The molecule has 0 aromatic heterocycles. The second-order valence-electron chi connectivity index (χ2n) is 5.32. The highest BCUT2D eigenvalue weighted by atomic mass is 16.5. The van der Waals surface area contributed by atoms with Gasteiger partial charge in [-0.2, -0.15) is 0 Å². The Hall–Kier alpha value is -0.900. The van der Waals surface area contributed by atoms with Crippen LogP contribution in [0.1, 0.15) is 31.9 Å². The molecule has 3 nitrogen and oxygen atoms in total. The van der Waals surface area contributed by atoms with Gasteiger partial charge >= 0.3 is 0 Å². The first-order valence-electron chi connectivity index (χ1n) is 6.51. The van der Waals surface area contributed by atoms with E-state index in [1.807, 2.05) is 32.9 Å². The first-order valence-corrected chi connectivity index (χ1v) is 6.51. The average molecular weight is 251 g/mol. The van der Waals surface area contributed by atoms with Crippen molar-refractivity contribution in [1.82, 2.24) is 0 Å². The first kappa shape index (κ1) is 15.2. The highest BCUT2D eigenvalue weighted by Crippen LogP contribution is 2.11. The van der Waals surface area contributed by atoms with Crippen LogP contribution in [-0.2, 0) is 22.5 Å². The van der Waals surface area contributed by atoms with Gasteiger partial charge in [0.15, 0.2) is 0 Å². The van der Waals surface area contributed by atoms with Gasteiger partial charge in [0.05, 0.1) is 25.4 Å². The Kier molecular flexibility index (Phi) is 6.33. The van der Waals surface area contributed by atoms with Crippen molar-refractivity contribution in [3.05, 3.63) is 35.4 Å². The SMILES string of the molecule is CC(C)(C)OCCOCc1ccccc1CCN. The lowest BCUT2D eigenvalue weighted by atomic mass is 10.1. The maximum absolute atomic E-state index is 5.64. The fourth-order valence-corrected chi connectivity index (χ4v) is 1.69. The largest absolute Gasteiger partial charge is 0.374 e. The summed E-state index contributed by atoms with van der Waals surface area (Å²) in [5.74, 6) is 0. The Morgan fingerprint density at radius 3 is 2.33 bits per heavy atom. The lowest BCUT2D eigenvalue weighted by Crippen LogP contribution is -2.21. The second-order valence-corrected chi connectivity index (χ2v) is 5.32. The molecule has 0 radical (unpaired) electrons. The topological polar surface area (TPSA) is 44.5 Å². The molecule has 0 bridgehead atoms. The molecule has 2 N–H and O–H groups in total. The maximum Gasteiger partial charge on any atom is 0.0720 e. The van der Waals surface area contributed by atoms with Gasteiger partial charge in [-0.05, 0) is 44.9 Å². The average Bonchev–Trinajstić information content (AvgIpc) is 2.29. The molecule has 0 spiro atoms. The van der Waals surface area contributed by atoms with E-state index in [4.69, 9.17) is 15.2 Å². The number of rotatable bonds is 7. The number of nitrogens with two attached hydrogens (primary N) is 1. The molecule has 1 aromatic carbocycles. The Labute approximate surface area is 110 Å². The molecular formula is C15H25NO2. The van der Waals surface area contributed by atoms with Gasteiger partial charge in [-0.3, -0.25) is 0 Å². The zero-order chi connectivity index (χ0) is 13.4. The molecule has 0 atom stereocenters. The van der Waals surface area contributed by atoms with Crippen molar-refractivity contribution in [3.8, 4) is 0 Å². The van der Waals surface area contributed by atoms with Crippen LogP contribution >= 0.6 is 0 Å². The van der Waals surface area contributed by atoms with Crippen molar-refractivity contribution < 1.29 is 9.47 Å². The van der Waals surface area contributed by atoms with Gasteiger partial charge in [0.1, 0.15) is 0 Å². The minimum atomic E-state index is -0.0964. The molecule has 0 aliphatic heterocycles. The van der Waals surface area contributed by atoms with Crippen LogP contribution in [0.3, 0.4) is 0 Å². The summed E-state index contributed by atoms with van der Waals surface area (Å²) in [7, 11) is 0. The summed E-state index contributed by atoms with van der Waals surface area (Å²) in [6.07, 6.45) is 0.901. The van der Waals surface area contributed by atoms with Crippen molar-refractivity contribution in [2.45, 2.75) is 39.4 Å². The summed E-state index contributed by atoms with van der Waals surface area (Å²) in [6, 6.07) is 8.27. The number of hydrogen-bond donors (Lipinski definition) is 1. The summed E-state index contributed by atoms with van der Waals surface area (Å²) < 4.78 is 11.2. The summed E-state index contributed by atoms with van der Waals surface area (Å²) in [5.41, 5.74) is 7.99. The third-order valence-corrected chi connectivity index (χ3v) is 2.55. The molecule has 18 heavy (non-hydrogen) atoms. The van der Waals surface area contributed by atoms with Gasteiger partial charge in [0.25, 0.3) is 0 Å². The van der Waals surface area contributed by atoms with Gasteiger partial charge in [-0.1, -0.05) is 24.3 Å². The number of benzene rings is 1. The maximum atomic E-state index is 5.64. The van der Waals surface area contributed by atoms with Crippen molar-refractivity contribution in [2.75, 3.05) is 19.8 Å².